The lowest BCUT2D eigenvalue weighted by atomic mass is 10.0. The number of carbonyl (C=O) groups excluding carboxylic acids is 2. The third kappa shape index (κ3) is 5.52. The number of methoxy groups -OCH3 is 1. The molecule has 5 rings (SSSR count). The Morgan fingerprint density at radius 1 is 0.947 bits per heavy atom. The van der Waals surface area contributed by atoms with E-state index in [-0.39, 0.29) is 6.61 Å². The Kier molecular flexibility index (Phi) is 7.36. The summed E-state index contributed by atoms with van der Waals surface area (Å²) in [5.74, 6) is 1.65. The molecule has 0 amide bonds. The smallest absolute Gasteiger partial charge is 0.355 e. The van der Waals surface area contributed by atoms with Crippen LogP contribution < -0.4 is 14.2 Å². The van der Waals surface area contributed by atoms with Crippen LogP contribution in [0.3, 0.4) is 0 Å². The molecule has 1 aliphatic carbocycles. The second-order valence-corrected chi connectivity index (χ2v) is 9.44. The summed E-state index contributed by atoms with van der Waals surface area (Å²) in [7, 11) is 1.63. The molecule has 0 aliphatic heterocycles. The lowest BCUT2D eigenvalue weighted by Crippen LogP contribution is -2.14. The Hall–Kier alpha value is -4.26. The minimum atomic E-state index is -0.431. The average Bonchev–Trinajstić information content (AvgIpc) is 3.69. The Morgan fingerprint density at radius 2 is 1.74 bits per heavy atom. The van der Waals surface area contributed by atoms with E-state index >= 15 is 0 Å². The van der Waals surface area contributed by atoms with E-state index in [9.17, 15) is 9.59 Å². The van der Waals surface area contributed by atoms with Gasteiger partial charge in [-0.2, -0.15) is 0 Å². The molecule has 0 radical (unpaired) electrons. The van der Waals surface area contributed by atoms with Gasteiger partial charge in [-0.3, -0.25) is 4.79 Å². The molecule has 0 unspecified atom stereocenters. The first-order valence-corrected chi connectivity index (χ1v) is 12.8. The van der Waals surface area contributed by atoms with Gasteiger partial charge >= 0.3 is 11.9 Å². The second kappa shape index (κ2) is 11.0. The molecule has 1 aromatic heterocycles. The van der Waals surface area contributed by atoms with Crippen molar-refractivity contribution in [2.75, 3.05) is 20.3 Å². The minimum Gasteiger partial charge on any atom is -0.497 e. The van der Waals surface area contributed by atoms with Crippen LogP contribution in [0, 0.1) is 5.92 Å². The lowest BCUT2D eigenvalue weighted by Gasteiger charge is -2.13. The number of rotatable bonds is 10. The number of hydrogen-bond acceptors (Lipinski definition) is 6. The molecule has 1 heterocycles. The Morgan fingerprint density at radius 3 is 2.47 bits per heavy atom. The lowest BCUT2D eigenvalue weighted by molar-refractivity contribution is -0.131. The van der Waals surface area contributed by atoms with Crippen molar-refractivity contribution >= 4 is 22.8 Å². The van der Waals surface area contributed by atoms with Gasteiger partial charge in [0.1, 0.15) is 22.9 Å². The van der Waals surface area contributed by atoms with Crippen LogP contribution in [0.25, 0.3) is 22.0 Å². The summed E-state index contributed by atoms with van der Waals surface area (Å²) < 4.78 is 24.4. The molecule has 7 nitrogen and oxygen atoms in total. The molecule has 1 fully saturated rings. The van der Waals surface area contributed by atoms with E-state index in [1.807, 2.05) is 59.2 Å². The predicted molar refractivity (Wildman–Crippen MR) is 145 cm³/mol. The van der Waals surface area contributed by atoms with Gasteiger partial charge in [0.15, 0.2) is 0 Å². The zero-order valence-electron chi connectivity index (χ0n) is 21.9. The monoisotopic (exact) mass is 513 g/mol. The first-order chi connectivity index (χ1) is 18.5. The van der Waals surface area contributed by atoms with Crippen LogP contribution >= 0.6 is 0 Å². The molecule has 38 heavy (non-hydrogen) atoms. The summed E-state index contributed by atoms with van der Waals surface area (Å²) in [5, 5.41) is 0.772. The number of hydrogen-bond donors (Lipinski definition) is 0. The van der Waals surface area contributed by atoms with Gasteiger partial charge in [-0.25, -0.2) is 4.79 Å². The maximum atomic E-state index is 13.5. The van der Waals surface area contributed by atoms with Crippen molar-refractivity contribution in [3.63, 3.8) is 0 Å². The number of ether oxygens (including phenoxy) is 4. The fraction of sp³-hybridized carbons (Fsp3) is 0.290. The molecule has 4 aromatic rings. The standard InChI is InChI=1S/C31H31NO6/c1-4-36-31(34)30-29(23-8-6-10-25(16-23)37-19-21-11-12-21)27-17-26(38-20(2)33)13-14-28(27)32(30)18-22-7-5-9-24(15-22)35-3/h5-10,13-17,21H,4,11-12,18-19H2,1-3H3. The minimum absolute atomic E-state index is 0.238. The first-order valence-electron chi connectivity index (χ1n) is 12.8. The van der Waals surface area contributed by atoms with Gasteiger partial charge in [0.05, 0.1) is 20.3 Å². The highest BCUT2D eigenvalue weighted by molar-refractivity contribution is 6.09. The molecular formula is C31H31NO6. The quantitative estimate of drug-likeness (QED) is 0.184. The van der Waals surface area contributed by atoms with Crippen molar-refractivity contribution in [3.05, 3.63) is 78.0 Å². The Bertz CT molecular complexity index is 1480. The van der Waals surface area contributed by atoms with Crippen LogP contribution in [-0.4, -0.2) is 36.8 Å². The number of benzene rings is 3. The molecule has 196 valence electrons. The van der Waals surface area contributed by atoms with Gasteiger partial charge in [0.2, 0.25) is 0 Å². The van der Waals surface area contributed by atoms with E-state index in [4.69, 9.17) is 18.9 Å². The third-order valence-corrected chi connectivity index (χ3v) is 6.55. The topological polar surface area (TPSA) is 76.0 Å². The number of fused-ring (bicyclic) bond motifs is 1. The number of nitrogens with zero attached hydrogens (tertiary/aromatic N) is 1. The average molecular weight is 514 g/mol. The van der Waals surface area contributed by atoms with Crippen LogP contribution in [0.5, 0.6) is 17.2 Å². The fourth-order valence-electron chi connectivity index (χ4n) is 4.62. The van der Waals surface area contributed by atoms with E-state index < -0.39 is 11.9 Å². The molecular weight excluding hydrogens is 482 g/mol. The summed E-state index contributed by atoms with van der Waals surface area (Å²) in [6.45, 7) is 4.48. The molecule has 0 N–H and O–H groups in total. The maximum absolute atomic E-state index is 13.5. The Balaban J connectivity index is 1.71. The highest BCUT2D eigenvalue weighted by Gasteiger charge is 2.27. The van der Waals surface area contributed by atoms with Crippen molar-refractivity contribution in [2.24, 2.45) is 5.92 Å². The normalized spacial score (nSPS) is 12.8. The van der Waals surface area contributed by atoms with Crippen molar-refractivity contribution in [3.8, 4) is 28.4 Å². The SMILES string of the molecule is CCOC(=O)c1c(-c2cccc(OCC3CC3)c2)c2cc(OC(C)=O)ccc2n1Cc1cccc(OC)c1. The van der Waals surface area contributed by atoms with E-state index in [1.54, 1.807) is 26.2 Å². The maximum Gasteiger partial charge on any atom is 0.355 e. The van der Waals surface area contributed by atoms with Gasteiger partial charge in [0, 0.05) is 29.9 Å². The van der Waals surface area contributed by atoms with Crippen LogP contribution in [0.2, 0.25) is 0 Å². The van der Waals surface area contributed by atoms with Crippen LogP contribution in [-0.2, 0) is 16.1 Å². The number of carbonyl (C=O) groups is 2. The second-order valence-electron chi connectivity index (χ2n) is 9.44. The molecule has 0 atom stereocenters. The molecule has 0 spiro atoms. The molecule has 1 aliphatic rings. The van der Waals surface area contributed by atoms with Crippen molar-refractivity contribution in [1.29, 1.82) is 0 Å². The van der Waals surface area contributed by atoms with E-state index in [0.717, 1.165) is 33.5 Å². The fourth-order valence-corrected chi connectivity index (χ4v) is 4.62. The van der Waals surface area contributed by atoms with Gasteiger partial charge in [0.25, 0.3) is 0 Å². The molecule has 7 heteroatoms. The summed E-state index contributed by atoms with van der Waals surface area (Å²) >= 11 is 0. The van der Waals surface area contributed by atoms with Gasteiger partial charge < -0.3 is 23.5 Å². The van der Waals surface area contributed by atoms with Crippen molar-refractivity contribution in [1.82, 2.24) is 4.57 Å². The molecule has 0 saturated heterocycles. The van der Waals surface area contributed by atoms with Crippen LogP contribution in [0.4, 0.5) is 0 Å². The summed E-state index contributed by atoms with van der Waals surface area (Å²) in [4.78, 5) is 25.2. The van der Waals surface area contributed by atoms with Crippen molar-refractivity contribution < 1.29 is 28.5 Å². The highest BCUT2D eigenvalue weighted by Crippen LogP contribution is 2.39. The third-order valence-electron chi connectivity index (χ3n) is 6.55. The molecule has 3 aromatic carbocycles. The van der Waals surface area contributed by atoms with Gasteiger partial charge in [-0.1, -0.05) is 24.3 Å². The number of esters is 2. The van der Waals surface area contributed by atoms with Gasteiger partial charge in [-0.15, -0.1) is 0 Å². The van der Waals surface area contributed by atoms with Gasteiger partial charge in [-0.05, 0) is 79.3 Å². The largest absolute Gasteiger partial charge is 0.497 e. The van der Waals surface area contributed by atoms with E-state index in [1.165, 1.54) is 19.8 Å². The highest BCUT2D eigenvalue weighted by atomic mass is 16.5. The van der Waals surface area contributed by atoms with E-state index in [2.05, 4.69) is 0 Å². The molecule has 1 saturated carbocycles. The zero-order valence-corrected chi connectivity index (χ0v) is 21.9. The summed E-state index contributed by atoms with van der Waals surface area (Å²) in [6.07, 6.45) is 2.40. The summed E-state index contributed by atoms with van der Waals surface area (Å²) in [5.41, 5.74) is 3.71. The summed E-state index contributed by atoms with van der Waals surface area (Å²) in [6, 6.07) is 20.9. The molecule has 0 bridgehead atoms. The van der Waals surface area contributed by atoms with E-state index in [0.29, 0.717) is 36.1 Å². The zero-order chi connectivity index (χ0) is 26.6. The van der Waals surface area contributed by atoms with Crippen molar-refractivity contribution in [2.45, 2.75) is 33.2 Å². The first kappa shape index (κ1) is 25.4. The van der Waals surface area contributed by atoms with Crippen LogP contribution in [0.15, 0.2) is 66.7 Å². The Labute approximate surface area is 221 Å². The number of aromatic nitrogens is 1. The predicted octanol–water partition coefficient (Wildman–Crippen LogP) is 6.26. The van der Waals surface area contributed by atoms with Crippen LogP contribution in [0.1, 0.15) is 42.7 Å².